The zero-order valence-corrected chi connectivity index (χ0v) is 17.7. The number of hydrogen-bond acceptors (Lipinski definition) is 8. The Kier molecular flexibility index (Phi) is 6.61. The molecule has 1 aromatic carbocycles. The Morgan fingerprint density at radius 1 is 1.10 bits per heavy atom. The maximum absolute atomic E-state index is 10.4. The summed E-state index contributed by atoms with van der Waals surface area (Å²) in [5, 5.41) is 44.6. The first-order valence-corrected chi connectivity index (χ1v) is 10.6. The van der Waals surface area contributed by atoms with Crippen LogP contribution in [0.3, 0.4) is 0 Å². The van der Waals surface area contributed by atoms with Crippen LogP contribution in [0.25, 0.3) is 0 Å². The van der Waals surface area contributed by atoms with Crippen molar-refractivity contribution in [1.82, 2.24) is 9.78 Å². The van der Waals surface area contributed by atoms with Crippen LogP contribution in [0.1, 0.15) is 34.8 Å². The molecule has 0 saturated carbocycles. The zero-order chi connectivity index (χ0) is 22.1. The van der Waals surface area contributed by atoms with Gasteiger partial charge in [-0.3, -0.25) is 4.68 Å². The fourth-order valence-corrected chi connectivity index (χ4v) is 4.08. The Balaban J connectivity index is 1.65. The minimum absolute atomic E-state index is 0.0870. The standard InChI is InChI=1S/C22H30N2O7/c1-12-3-5-14(6-4-12)9-16-13(2)24(15-7-8-29-11-15)23-21(16)31-22-20(28)19(27)18(26)17(10-25)30-22/h3-6,15,17-20,22,25-28H,7-11H2,1-2H3/t15?,17-,18-,19+,20-,22+/m1/s1. The third-order valence-corrected chi connectivity index (χ3v) is 6.07. The molecule has 9 nitrogen and oxygen atoms in total. The monoisotopic (exact) mass is 434 g/mol. The number of rotatable bonds is 6. The highest BCUT2D eigenvalue weighted by molar-refractivity contribution is 5.37. The summed E-state index contributed by atoms with van der Waals surface area (Å²) in [6, 6.07) is 8.25. The lowest BCUT2D eigenvalue weighted by Crippen LogP contribution is -2.60. The lowest BCUT2D eigenvalue weighted by atomic mass is 9.99. The van der Waals surface area contributed by atoms with E-state index in [0.717, 1.165) is 28.8 Å². The summed E-state index contributed by atoms with van der Waals surface area (Å²) in [5.74, 6) is 0.286. The van der Waals surface area contributed by atoms with Crippen LogP contribution in [0, 0.1) is 13.8 Å². The van der Waals surface area contributed by atoms with E-state index < -0.39 is 37.3 Å². The fourth-order valence-electron chi connectivity index (χ4n) is 4.08. The van der Waals surface area contributed by atoms with Gasteiger partial charge in [0.1, 0.15) is 24.4 Å². The van der Waals surface area contributed by atoms with Gasteiger partial charge in [0.2, 0.25) is 12.2 Å². The second-order valence-corrected chi connectivity index (χ2v) is 8.31. The summed E-state index contributed by atoms with van der Waals surface area (Å²) in [4.78, 5) is 0. The highest BCUT2D eigenvalue weighted by Gasteiger charge is 2.45. The summed E-state index contributed by atoms with van der Waals surface area (Å²) >= 11 is 0. The van der Waals surface area contributed by atoms with Crippen molar-refractivity contribution < 1.29 is 34.6 Å². The van der Waals surface area contributed by atoms with Crippen LogP contribution in [-0.4, -0.2) is 80.7 Å². The molecule has 4 rings (SSSR count). The number of benzene rings is 1. The Bertz CT molecular complexity index is 877. The predicted molar refractivity (Wildman–Crippen MR) is 110 cm³/mol. The van der Waals surface area contributed by atoms with Gasteiger partial charge < -0.3 is 34.6 Å². The minimum Gasteiger partial charge on any atom is -0.443 e. The number of aliphatic hydroxyl groups excluding tert-OH is 4. The van der Waals surface area contributed by atoms with Crippen LogP contribution in [0.4, 0.5) is 0 Å². The van der Waals surface area contributed by atoms with Crippen LogP contribution in [-0.2, 0) is 15.9 Å². The quantitative estimate of drug-likeness (QED) is 0.509. The molecule has 170 valence electrons. The molecule has 2 aliphatic rings. The van der Waals surface area contributed by atoms with Crippen molar-refractivity contribution >= 4 is 0 Å². The average Bonchev–Trinajstić information content (AvgIpc) is 3.39. The van der Waals surface area contributed by atoms with Gasteiger partial charge in [0.25, 0.3) is 0 Å². The van der Waals surface area contributed by atoms with Crippen molar-refractivity contribution in [2.75, 3.05) is 19.8 Å². The molecule has 2 fully saturated rings. The second-order valence-electron chi connectivity index (χ2n) is 8.31. The van der Waals surface area contributed by atoms with E-state index >= 15 is 0 Å². The van der Waals surface area contributed by atoms with Crippen LogP contribution in [0.2, 0.25) is 0 Å². The molecule has 2 saturated heterocycles. The van der Waals surface area contributed by atoms with Gasteiger partial charge in [0.15, 0.2) is 0 Å². The second kappa shape index (κ2) is 9.23. The maximum Gasteiger partial charge on any atom is 0.239 e. The highest BCUT2D eigenvalue weighted by Crippen LogP contribution is 2.32. The molecule has 4 N–H and O–H groups in total. The van der Waals surface area contributed by atoms with E-state index in [1.54, 1.807) is 0 Å². The van der Waals surface area contributed by atoms with Gasteiger partial charge in [0.05, 0.1) is 19.3 Å². The van der Waals surface area contributed by atoms with Gasteiger partial charge in [-0.05, 0) is 25.8 Å². The summed E-state index contributed by atoms with van der Waals surface area (Å²) < 4.78 is 18.9. The van der Waals surface area contributed by atoms with Crippen LogP contribution in [0.5, 0.6) is 5.88 Å². The Morgan fingerprint density at radius 2 is 1.84 bits per heavy atom. The lowest BCUT2D eigenvalue weighted by molar-refractivity contribution is -0.278. The molecular formula is C22H30N2O7. The molecule has 0 bridgehead atoms. The fraction of sp³-hybridized carbons (Fsp3) is 0.591. The molecule has 0 amide bonds. The van der Waals surface area contributed by atoms with Gasteiger partial charge in [-0.2, -0.15) is 0 Å². The van der Waals surface area contributed by atoms with Gasteiger partial charge in [-0.15, -0.1) is 5.10 Å². The third-order valence-electron chi connectivity index (χ3n) is 6.07. The molecule has 6 atom stereocenters. The molecule has 0 spiro atoms. The number of ether oxygens (including phenoxy) is 3. The first kappa shape index (κ1) is 22.2. The van der Waals surface area contributed by atoms with Gasteiger partial charge in [-0.1, -0.05) is 29.8 Å². The van der Waals surface area contributed by atoms with Crippen molar-refractivity contribution in [3.05, 3.63) is 46.6 Å². The van der Waals surface area contributed by atoms with Crippen molar-refractivity contribution in [2.24, 2.45) is 0 Å². The van der Waals surface area contributed by atoms with E-state index in [2.05, 4.69) is 5.10 Å². The van der Waals surface area contributed by atoms with Crippen molar-refractivity contribution in [2.45, 2.75) is 63.4 Å². The van der Waals surface area contributed by atoms with Crippen LogP contribution < -0.4 is 4.74 Å². The summed E-state index contributed by atoms with van der Waals surface area (Å²) in [5.41, 5.74) is 4.01. The van der Waals surface area contributed by atoms with E-state index in [0.29, 0.717) is 19.6 Å². The number of aryl methyl sites for hydroxylation is 1. The van der Waals surface area contributed by atoms with Gasteiger partial charge in [0, 0.05) is 24.3 Å². The molecule has 0 radical (unpaired) electrons. The van der Waals surface area contributed by atoms with E-state index in [9.17, 15) is 20.4 Å². The van der Waals surface area contributed by atoms with Crippen molar-refractivity contribution in [3.8, 4) is 5.88 Å². The SMILES string of the molecule is Cc1ccc(Cc2c(O[C@@H]3O[C@H](CO)[C@@H](O)[C@H](O)[C@H]3O)nn(C3CCOC3)c2C)cc1. The predicted octanol–water partition coefficient (Wildman–Crippen LogP) is 0.231. The van der Waals surface area contributed by atoms with Gasteiger partial charge >= 0.3 is 0 Å². The molecule has 0 aliphatic carbocycles. The third kappa shape index (κ3) is 4.48. The Morgan fingerprint density at radius 3 is 2.48 bits per heavy atom. The highest BCUT2D eigenvalue weighted by atomic mass is 16.7. The smallest absolute Gasteiger partial charge is 0.239 e. The van der Waals surface area contributed by atoms with Crippen molar-refractivity contribution in [1.29, 1.82) is 0 Å². The topological polar surface area (TPSA) is 126 Å². The molecule has 31 heavy (non-hydrogen) atoms. The maximum atomic E-state index is 10.4. The van der Waals surface area contributed by atoms with E-state index in [-0.39, 0.29) is 11.9 Å². The first-order chi connectivity index (χ1) is 14.9. The summed E-state index contributed by atoms with van der Waals surface area (Å²) in [7, 11) is 0. The molecule has 2 aliphatic heterocycles. The molecule has 9 heteroatoms. The normalized spacial score (nSPS) is 31.2. The average molecular weight is 434 g/mol. The number of aliphatic hydroxyl groups is 4. The minimum atomic E-state index is -1.51. The lowest BCUT2D eigenvalue weighted by Gasteiger charge is -2.39. The van der Waals surface area contributed by atoms with Crippen LogP contribution in [0.15, 0.2) is 24.3 Å². The van der Waals surface area contributed by atoms with Gasteiger partial charge in [-0.25, -0.2) is 0 Å². The Labute approximate surface area is 180 Å². The first-order valence-electron chi connectivity index (χ1n) is 10.6. The molecule has 1 aromatic heterocycles. The zero-order valence-electron chi connectivity index (χ0n) is 17.7. The Hall–Kier alpha value is -2.01. The summed E-state index contributed by atoms with van der Waals surface area (Å²) in [6.45, 7) is 4.70. The number of aromatic nitrogens is 2. The molecule has 1 unspecified atom stereocenters. The van der Waals surface area contributed by atoms with E-state index in [1.165, 1.54) is 0 Å². The molecular weight excluding hydrogens is 404 g/mol. The largest absolute Gasteiger partial charge is 0.443 e. The molecule has 2 aromatic rings. The van der Waals surface area contributed by atoms with E-state index in [1.807, 2.05) is 42.8 Å². The van der Waals surface area contributed by atoms with E-state index in [4.69, 9.17) is 14.2 Å². The number of hydrogen-bond donors (Lipinski definition) is 4. The van der Waals surface area contributed by atoms with Crippen LogP contribution >= 0.6 is 0 Å². The molecule has 3 heterocycles. The van der Waals surface area contributed by atoms with Crippen molar-refractivity contribution in [3.63, 3.8) is 0 Å². The summed E-state index contributed by atoms with van der Waals surface area (Å²) in [6.07, 6.45) is -5.38. The number of nitrogens with zero attached hydrogens (tertiary/aromatic N) is 2.